The highest BCUT2D eigenvalue weighted by molar-refractivity contribution is 5.96. The van der Waals surface area contributed by atoms with Gasteiger partial charge in [-0.25, -0.2) is 4.98 Å². The molecule has 1 fully saturated rings. The zero-order valence-corrected chi connectivity index (χ0v) is 18.3. The largest absolute Gasteiger partial charge is 0.497 e. The van der Waals surface area contributed by atoms with Crippen molar-refractivity contribution in [2.75, 3.05) is 18.6 Å². The number of aromatic nitrogens is 2. The van der Waals surface area contributed by atoms with E-state index in [1.807, 2.05) is 35.2 Å². The van der Waals surface area contributed by atoms with Crippen molar-refractivity contribution >= 4 is 22.6 Å². The summed E-state index contributed by atoms with van der Waals surface area (Å²) in [5.41, 5.74) is 4.40. The summed E-state index contributed by atoms with van der Waals surface area (Å²) in [5.74, 6) is 2.03. The second-order valence-electron chi connectivity index (χ2n) is 8.30. The predicted octanol–water partition coefficient (Wildman–Crippen LogP) is 5.20. The molecule has 0 aliphatic carbocycles. The Morgan fingerprint density at radius 1 is 0.969 bits per heavy atom. The molecule has 0 spiro atoms. The van der Waals surface area contributed by atoms with Gasteiger partial charge in [-0.15, -0.1) is 0 Å². The molecule has 162 valence electrons. The van der Waals surface area contributed by atoms with Crippen LogP contribution in [-0.2, 0) is 17.8 Å². The first-order valence-electron chi connectivity index (χ1n) is 11.2. The Labute approximate surface area is 188 Å². The van der Waals surface area contributed by atoms with Crippen molar-refractivity contribution < 1.29 is 9.53 Å². The third-order valence-electron chi connectivity index (χ3n) is 6.25. The second kappa shape index (κ2) is 8.87. The number of fused-ring (bicyclic) bond motifs is 1. The van der Waals surface area contributed by atoms with E-state index in [9.17, 15) is 4.79 Å². The first-order chi connectivity index (χ1) is 15.7. The van der Waals surface area contributed by atoms with Crippen LogP contribution in [0.15, 0.2) is 78.9 Å². The number of hydrogen-bond acceptors (Lipinski definition) is 3. The van der Waals surface area contributed by atoms with E-state index in [2.05, 4.69) is 53.1 Å². The van der Waals surface area contributed by atoms with Crippen LogP contribution in [0.2, 0.25) is 0 Å². The molecule has 0 radical (unpaired) electrons. The molecule has 1 aliphatic rings. The molecule has 4 aromatic rings. The molecule has 0 bridgehead atoms. The van der Waals surface area contributed by atoms with Gasteiger partial charge < -0.3 is 14.2 Å². The number of para-hydroxylation sites is 2. The highest BCUT2D eigenvalue weighted by Crippen LogP contribution is 2.34. The maximum absolute atomic E-state index is 12.9. The lowest BCUT2D eigenvalue weighted by molar-refractivity contribution is -0.117. The van der Waals surface area contributed by atoms with Gasteiger partial charge in [-0.3, -0.25) is 4.79 Å². The topological polar surface area (TPSA) is 47.4 Å². The molecule has 1 aliphatic heterocycles. The SMILES string of the molecule is COc1ccc(N2CC(c3nc4ccccc4n3CCCc3ccccc3)CC2=O)cc1. The van der Waals surface area contributed by atoms with E-state index in [1.165, 1.54) is 5.56 Å². The lowest BCUT2D eigenvalue weighted by atomic mass is 10.1. The number of carbonyl (C=O) groups is 1. The van der Waals surface area contributed by atoms with Crippen molar-refractivity contribution in [3.05, 3.63) is 90.3 Å². The number of ether oxygens (including phenoxy) is 1. The molecule has 1 aromatic heterocycles. The van der Waals surface area contributed by atoms with Crippen LogP contribution in [0, 0.1) is 0 Å². The zero-order valence-electron chi connectivity index (χ0n) is 18.3. The summed E-state index contributed by atoms with van der Waals surface area (Å²) in [6, 6.07) is 26.5. The minimum Gasteiger partial charge on any atom is -0.497 e. The summed E-state index contributed by atoms with van der Waals surface area (Å²) >= 11 is 0. The van der Waals surface area contributed by atoms with Crippen molar-refractivity contribution in [2.45, 2.75) is 31.7 Å². The van der Waals surface area contributed by atoms with E-state index in [0.29, 0.717) is 13.0 Å². The summed E-state index contributed by atoms with van der Waals surface area (Å²) in [6.07, 6.45) is 2.53. The molecule has 1 amide bonds. The minimum atomic E-state index is 0.0775. The summed E-state index contributed by atoms with van der Waals surface area (Å²) in [4.78, 5) is 19.7. The van der Waals surface area contributed by atoms with Gasteiger partial charge in [0.15, 0.2) is 0 Å². The fourth-order valence-electron chi connectivity index (χ4n) is 4.62. The number of methoxy groups -OCH3 is 1. The maximum atomic E-state index is 12.9. The van der Waals surface area contributed by atoms with E-state index in [4.69, 9.17) is 9.72 Å². The number of benzene rings is 3. The van der Waals surface area contributed by atoms with Gasteiger partial charge in [0.2, 0.25) is 5.91 Å². The molecule has 2 heterocycles. The number of anilines is 1. The van der Waals surface area contributed by atoms with E-state index < -0.39 is 0 Å². The molecule has 1 unspecified atom stereocenters. The Balaban J connectivity index is 1.39. The van der Waals surface area contributed by atoms with E-state index in [-0.39, 0.29) is 11.8 Å². The Bertz CT molecular complexity index is 1210. The van der Waals surface area contributed by atoms with Gasteiger partial charge in [-0.1, -0.05) is 42.5 Å². The average Bonchev–Trinajstić information content (AvgIpc) is 3.40. The number of rotatable bonds is 7. The fraction of sp³-hybridized carbons (Fsp3) is 0.259. The number of hydrogen-bond donors (Lipinski definition) is 0. The van der Waals surface area contributed by atoms with Gasteiger partial charge in [0.05, 0.1) is 18.1 Å². The van der Waals surface area contributed by atoms with Crippen molar-refractivity contribution in [3.63, 3.8) is 0 Å². The zero-order chi connectivity index (χ0) is 21.9. The van der Waals surface area contributed by atoms with Gasteiger partial charge in [0, 0.05) is 31.1 Å². The smallest absolute Gasteiger partial charge is 0.227 e. The predicted molar refractivity (Wildman–Crippen MR) is 127 cm³/mol. The third kappa shape index (κ3) is 3.98. The number of aryl methyl sites for hydroxylation is 2. The van der Waals surface area contributed by atoms with Crippen LogP contribution in [0.5, 0.6) is 5.75 Å². The van der Waals surface area contributed by atoms with Crippen LogP contribution in [0.3, 0.4) is 0 Å². The van der Waals surface area contributed by atoms with Gasteiger partial charge in [0.25, 0.3) is 0 Å². The van der Waals surface area contributed by atoms with Crippen molar-refractivity contribution in [3.8, 4) is 5.75 Å². The molecule has 3 aromatic carbocycles. The van der Waals surface area contributed by atoms with Gasteiger partial charge >= 0.3 is 0 Å². The Kier molecular flexibility index (Phi) is 5.63. The highest BCUT2D eigenvalue weighted by atomic mass is 16.5. The van der Waals surface area contributed by atoms with Crippen LogP contribution in [0.25, 0.3) is 11.0 Å². The normalized spacial score (nSPS) is 16.1. The molecule has 1 saturated heterocycles. The van der Waals surface area contributed by atoms with E-state index in [0.717, 1.165) is 47.7 Å². The first-order valence-corrected chi connectivity index (χ1v) is 11.2. The first kappa shape index (κ1) is 20.3. The van der Waals surface area contributed by atoms with Crippen LogP contribution >= 0.6 is 0 Å². The van der Waals surface area contributed by atoms with Crippen LogP contribution in [0.1, 0.15) is 30.1 Å². The molecule has 5 nitrogen and oxygen atoms in total. The molecule has 5 rings (SSSR count). The Morgan fingerprint density at radius 3 is 2.50 bits per heavy atom. The number of amides is 1. The van der Waals surface area contributed by atoms with E-state index >= 15 is 0 Å². The minimum absolute atomic E-state index is 0.0775. The number of nitrogens with zero attached hydrogens (tertiary/aromatic N) is 3. The van der Waals surface area contributed by atoms with Gasteiger partial charge in [-0.05, 0) is 54.8 Å². The van der Waals surface area contributed by atoms with Crippen LogP contribution in [0.4, 0.5) is 5.69 Å². The summed E-state index contributed by atoms with van der Waals surface area (Å²) in [7, 11) is 1.65. The quantitative estimate of drug-likeness (QED) is 0.409. The summed E-state index contributed by atoms with van der Waals surface area (Å²) < 4.78 is 7.58. The van der Waals surface area contributed by atoms with Crippen LogP contribution < -0.4 is 9.64 Å². The molecular weight excluding hydrogens is 398 g/mol. The second-order valence-corrected chi connectivity index (χ2v) is 8.30. The summed E-state index contributed by atoms with van der Waals surface area (Å²) in [6.45, 7) is 1.53. The molecule has 0 saturated carbocycles. The molecule has 32 heavy (non-hydrogen) atoms. The van der Waals surface area contributed by atoms with Crippen LogP contribution in [-0.4, -0.2) is 29.1 Å². The lowest BCUT2D eigenvalue weighted by Crippen LogP contribution is -2.24. The standard InChI is InChI=1S/C27H27N3O2/c1-32-23-15-13-22(14-16-23)30-19-21(18-26(30)31)27-28-24-11-5-6-12-25(24)29(27)17-7-10-20-8-3-2-4-9-20/h2-6,8-9,11-16,21H,7,10,17-19H2,1H3. The van der Waals surface area contributed by atoms with Crippen molar-refractivity contribution in [1.82, 2.24) is 9.55 Å². The maximum Gasteiger partial charge on any atom is 0.227 e. The van der Waals surface area contributed by atoms with E-state index in [1.54, 1.807) is 7.11 Å². The van der Waals surface area contributed by atoms with Gasteiger partial charge in [-0.2, -0.15) is 0 Å². The van der Waals surface area contributed by atoms with Crippen molar-refractivity contribution in [2.24, 2.45) is 0 Å². The number of carbonyl (C=O) groups excluding carboxylic acids is 1. The summed E-state index contributed by atoms with van der Waals surface area (Å²) in [5, 5.41) is 0. The Hall–Kier alpha value is -3.60. The molecular formula is C27H27N3O2. The fourth-order valence-corrected chi connectivity index (χ4v) is 4.62. The lowest BCUT2D eigenvalue weighted by Gasteiger charge is -2.18. The molecule has 1 atom stereocenters. The highest BCUT2D eigenvalue weighted by Gasteiger charge is 2.34. The average molecular weight is 426 g/mol. The third-order valence-corrected chi connectivity index (χ3v) is 6.25. The number of imidazole rings is 1. The molecule has 0 N–H and O–H groups in total. The Morgan fingerprint density at radius 2 is 1.72 bits per heavy atom. The van der Waals surface area contributed by atoms with Gasteiger partial charge in [0.1, 0.15) is 11.6 Å². The molecule has 5 heteroatoms. The monoisotopic (exact) mass is 425 g/mol. The van der Waals surface area contributed by atoms with Crippen molar-refractivity contribution in [1.29, 1.82) is 0 Å².